The number of methoxy groups -OCH3 is 1. The van der Waals surface area contributed by atoms with Crippen molar-refractivity contribution in [3.05, 3.63) is 23.3 Å². The normalized spacial score (nSPS) is 16.5. The SMILES string of the molecule is COC(=O)c1cc2cc(C(=O)O)c1OCCCCCCCCCCO2. The summed E-state index contributed by atoms with van der Waals surface area (Å²) in [5, 5.41) is 9.50. The van der Waals surface area contributed by atoms with Crippen LogP contribution in [-0.2, 0) is 4.74 Å². The van der Waals surface area contributed by atoms with E-state index in [1.165, 1.54) is 38.5 Å². The first-order valence-electron chi connectivity index (χ1n) is 8.88. The van der Waals surface area contributed by atoms with Gasteiger partial charge in [0.25, 0.3) is 0 Å². The van der Waals surface area contributed by atoms with E-state index < -0.39 is 11.9 Å². The Labute approximate surface area is 148 Å². The molecule has 2 aliphatic heterocycles. The Balaban J connectivity index is 2.33. The minimum Gasteiger partial charge on any atom is -0.494 e. The number of carbonyl (C=O) groups excluding carboxylic acids is 1. The maximum absolute atomic E-state index is 12.1. The highest BCUT2D eigenvalue weighted by Gasteiger charge is 2.23. The van der Waals surface area contributed by atoms with Crippen LogP contribution in [0.5, 0.6) is 11.5 Å². The van der Waals surface area contributed by atoms with Crippen LogP contribution in [0.25, 0.3) is 0 Å². The summed E-state index contributed by atoms with van der Waals surface area (Å²) < 4.78 is 16.1. The van der Waals surface area contributed by atoms with Gasteiger partial charge in [0, 0.05) is 0 Å². The first kappa shape index (κ1) is 19.1. The summed E-state index contributed by atoms with van der Waals surface area (Å²) in [6.07, 6.45) is 8.55. The Morgan fingerprint density at radius 2 is 1.40 bits per heavy atom. The number of carbonyl (C=O) groups is 2. The number of hydrogen-bond donors (Lipinski definition) is 1. The number of rotatable bonds is 2. The molecule has 6 heteroatoms. The van der Waals surface area contributed by atoms with Crippen molar-refractivity contribution in [3.8, 4) is 11.5 Å². The van der Waals surface area contributed by atoms with Crippen molar-refractivity contribution in [2.24, 2.45) is 0 Å². The van der Waals surface area contributed by atoms with Gasteiger partial charge in [0.2, 0.25) is 0 Å². The van der Waals surface area contributed by atoms with Crippen molar-refractivity contribution in [1.29, 1.82) is 0 Å². The summed E-state index contributed by atoms with van der Waals surface area (Å²) in [7, 11) is 1.26. The fourth-order valence-corrected chi connectivity index (χ4v) is 2.89. The van der Waals surface area contributed by atoms with Gasteiger partial charge in [0.15, 0.2) is 0 Å². The Morgan fingerprint density at radius 3 is 1.96 bits per heavy atom. The number of aromatic carboxylic acids is 1. The number of fused-ring (bicyclic) bond motifs is 13. The lowest BCUT2D eigenvalue weighted by Crippen LogP contribution is -2.12. The molecule has 0 amide bonds. The number of benzene rings is 1. The zero-order valence-corrected chi connectivity index (χ0v) is 14.7. The molecule has 2 aliphatic rings. The van der Waals surface area contributed by atoms with E-state index in [1.807, 2.05) is 0 Å². The molecule has 1 N–H and O–H groups in total. The smallest absolute Gasteiger partial charge is 0.341 e. The lowest BCUT2D eigenvalue weighted by molar-refractivity contribution is 0.0595. The van der Waals surface area contributed by atoms with Gasteiger partial charge in [-0.1, -0.05) is 38.5 Å². The summed E-state index contributed by atoms with van der Waals surface area (Å²) in [6.45, 7) is 0.852. The highest BCUT2D eigenvalue weighted by molar-refractivity contribution is 6.00. The Bertz CT molecular complexity index is 596. The van der Waals surface area contributed by atoms with E-state index in [0.29, 0.717) is 19.0 Å². The molecule has 0 unspecified atom stereocenters. The minimum atomic E-state index is -1.16. The minimum absolute atomic E-state index is 0.0544. The maximum Gasteiger partial charge on any atom is 0.341 e. The predicted molar refractivity (Wildman–Crippen MR) is 92.7 cm³/mol. The van der Waals surface area contributed by atoms with E-state index in [1.54, 1.807) is 0 Å². The summed E-state index contributed by atoms with van der Waals surface area (Å²) >= 11 is 0. The molecular formula is C19H26O6. The predicted octanol–water partition coefficient (Wildman–Crippen LogP) is 4.06. The maximum atomic E-state index is 12.1. The van der Waals surface area contributed by atoms with Gasteiger partial charge in [-0.25, -0.2) is 9.59 Å². The molecule has 25 heavy (non-hydrogen) atoms. The lowest BCUT2D eigenvalue weighted by atomic mass is 10.1. The molecule has 6 nitrogen and oxygen atoms in total. The molecule has 2 heterocycles. The van der Waals surface area contributed by atoms with E-state index >= 15 is 0 Å². The number of hydrogen-bond acceptors (Lipinski definition) is 5. The lowest BCUT2D eigenvalue weighted by Gasteiger charge is -2.16. The first-order chi connectivity index (χ1) is 12.1. The van der Waals surface area contributed by atoms with Gasteiger partial charge in [-0.3, -0.25) is 0 Å². The van der Waals surface area contributed by atoms with E-state index in [0.717, 1.165) is 32.1 Å². The van der Waals surface area contributed by atoms with Gasteiger partial charge in [0.05, 0.1) is 20.3 Å². The molecular weight excluding hydrogens is 324 g/mol. The van der Waals surface area contributed by atoms with E-state index in [9.17, 15) is 14.7 Å². The number of esters is 1. The molecule has 0 atom stereocenters. The monoisotopic (exact) mass is 350 g/mol. The second-order valence-electron chi connectivity index (χ2n) is 6.17. The van der Waals surface area contributed by atoms with Crippen LogP contribution in [0, 0.1) is 0 Å². The standard InChI is InChI=1S/C19H26O6/c1-23-19(22)16-13-14-12-15(18(20)21)17(16)25-11-9-7-5-3-2-4-6-8-10-24-14/h12-13H,2-11H2,1H3,(H,20,21). The number of carboxylic acids is 1. The van der Waals surface area contributed by atoms with Crippen molar-refractivity contribution in [2.45, 2.75) is 51.4 Å². The van der Waals surface area contributed by atoms with Gasteiger partial charge in [-0.05, 0) is 25.0 Å². The Hall–Kier alpha value is -2.24. The Morgan fingerprint density at radius 1 is 0.880 bits per heavy atom. The van der Waals surface area contributed by atoms with Crippen LogP contribution in [-0.4, -0.2) is 37.4 Å². The molecule has 138 valence electrons. The van der Waals surface area contributed by atoms with Gasteiger partial charge in [0.1, 0.15) is 22.6 Å². The fourth-order valence-electron chi connectivity index (χ4n) is 2.89. The zero-order chi connectivity index (χ0) is 18.1. The molecule has 0 saturated heterocycles. The molecule has 1 aromatic rings. The highest BCUT2D eigenvalue weighted by Crippen LogP contribution is 2.31. The zero-order valence-electron chi connectivity index (χ0n) is 14.7. The van der Waals surface area contributed by atoms with Crippen molar-refractivity contribution in [1.82, 2.24) is 0 Å². The first-order valence-corrected chi connectivity index (χ1v) is 8.88. The molecule has 0 fully saturated rings. The average molecular weight is 350 g/mol. The molecule has 1 aromatic carbocycles. The van der Waals surface area contributed by atoms with Gasteiger partial charge < -0.3 is 19.3 Å². The molecule has 0 spiro atoms. The average Bonchev–Trinajstić information content (AvgIpc) is 2.60. The van der Waals surface area contributed by atoms with E-state index in [2.05, 4.69) is 0 Å². The third-order valence-corrected chi connectivity index (χ3v) is 4.25. The summed E-state index contributed by atoms with van der Waals surface area (Å²) in [5.41, 5.74) is 0.00879. The van der Waals surface area contributed by atoms with E-state index in [-0.39, 0.29) is 16.9 Å². The van der Waals surface area contributed by atoms with Gasteiger partial charge >= 0.3 is 11.9 Å². The summed E-state index contributed by atoms with van der Waals surface area (Å²) in [5.74, 6) is -1.40. The second-order valence-corrected chi connectivity index (χ2v) is 6.17. The third kappa shape index (κ3) is 5.66. The third-order valence-electron chi connectivity index (χ3n) is 4.25. The van der Waals surface area contributed by atoms with Gasteiger partial charge in [-0.2, -0.15) is 0 Å². The highest BCUT2D eigenvalue weighted by atomic mass is 16.5. The van der Waals surface area contributed by atoms with Crippen LogP contribution in [0.15, 0.2) is 12.1 Å². The van der Waals surface area contributed by atoms with Crippen molar-refractivity contribution in [3.63, 3.8) is 0 Å². The fraction of sp³-hybridized carbons (Fsp3) is 0.579. The second kappa shape index (κ2) is 9.91. The molecule has 2 bridgehead atoms. The molecule has 0 aliphatic carbocycles. The summed E-state index contributed by atoms with van der Waals surface area (Å²) in [4.78, 5) is 23.7. The van der Waals surface area contributed by atoms with E-state index in [4.69, 9.17) is 14.2 Å². The molecule has 3 rings (SSSR count). The largest absolute Gasteiger partial charge is 0.494 e. The van der Waals surface area contributed by atoms with Crippen LogP contribution in [0.3, 0.4) is 0 Å². The number of carboxylic acid groups (broad SMARTS) is 1. The van der Waals surface area contributed by atoms with Crippen molar-refractivity contribution < 1.29 is 28.9 Å². The molecule has 0 radical (unpaired) electrons. The number of ether oxygens (including phenoxy) is 3. The van der Waals surface area contributed by atoms with Crippen molar-refractivity contribution in [2.75, 3.05) is 20.3 Å². The topological polar surface area (TPSA) is 82.1 Å². The van der Waals surface area contributed by atoms with Crippen LogP contribution in [0.4, 0.5) is 0 Å². The summed E-state index contributed by atoms with van der Waals surface area (Å²) in [6, 6.07) is 2.91. The molecule has 0 aromatic heterocycles. The van der Waals surface area contributed by atoms with Gasteiger partial charge in [-0.15, -0.1) is 0 Å². The van der Waals surface area contributed by atoms with Crippen molar-refractivity contribution >= 4 is 11.9 Å². The molecule has 0 saturated carbocycles. The Kier molecular flexibility index (Phi) is 7.57. The quantitative estimate of drug-likeness (QED) is 0.810. The van der Waals surface area contributed by atoms with Crippen LogP contribution in [0.2, 0.25) is 0 Å². The van der Waals surface area contributed by atoms with Crippen LogP contribution in [0.1, 0.15) is 72.1 Å². The van der Waals surface area contributed by atoms with Crippen LogP contribution >= 0.6 is 0 Å². The van der Waals surface area contributed by atoms with Crippen LogP contribution < -0.4 is 9.47 Å².